The van der Waals surface area contributed by atoms with Crippen molar-refractivity contribution in [3.05, 3.63) is 35.9 Å². The molecule has 28 heavy (non-hydrogen) atoms. The zero-order valence-corrected chi connectivity index (χ0v) is 19.7. The fraction of sp³-hybridized carbons (Fsp3) is 0.696. The fourth-order valence-electron chi connectivity index (χ4n) is 4.40. The fourth-order valence-corrected chi connectivity index (χ4v) is 9.45. The Bertz CT molecular complexity index is 616. The maximum Gasteiger partial charge on any atom is 0.349 e. The summed E-state index contributed by atoms with van der Waals surface area (Å²) in [6, 6.07) is 10.5. The van der Waals surface area contributed by atoms with Crippen LogP contribution < -0.4 is 0 Å². The number of hydrogen-bond acceptors (Lipinski definition) is 4. The number of carbonyl (C=O) groups is 1. The Morgan fingerprint density at radius 2 is 1.61 bits per heavy atom. The lowest BCUT2D eigenvalue weighted by atomic mass is 10.0. The summed E-state index contributed by atoms with van der Waals surface area (Å²) >= 11 is 0. The molecule has 1 aromatic rings. The highest BCUT2D eigenvalue weighted by atomic mass is 28.4. The van der Waals surface area contributed by atoms with Crippen LogP contribution in [0.2, 0.25) is 10.1 Å². The molecule has 0 unspecified atom stereocenters. The minimum Gasteiger partial charge on any atom is -0.466 e. The van der Waals surface area contributed by atoms with Gasteiger partial charge in [0, 0.05) is 10.1 Å². The van der Waals surface area contributed by atoms with E-state index >= 15 is 0 Å². The van der Waals surface area contributed by atoms with Crippen LogP contribution in [0.25, 0.3) is 0 Å². The van der Waals surface area contributed by atoms with E-state index in [-0.39, 0.29) is 28.3 Å². The van der Waals surface area contributed by atoms with E-state index in [1.54, 1.807) is 0 Å². The van der Waals surface area contributed by atoms with Gasteiger partial charge in [-0.05, 0) is 31.7 Å². The first-order valence-corrected chi connectivity index (χ1v) is 12.4. The topological polar surface area (TPSA) is 44.8 Å². The molecule has 2 atom stereocenters. The molecule has 1 aromatic carbocycles. The summed E-state index contributed by atoms with van der Waals surface area (Å²) in [5, 5.41) is -0.215. The summed E-state index contributed by atoms with van der Waals surface area (Å²) in [6.45, 7) is 15.5. The van der Waals surface area contributed by atoms with Crippen LogP contribution in [-0.4, -0.2) is 33.3 Å². The number of benzene rings is 1. The summed E-state index contributed by atoms with van der Waals surface area (Å²) in [7, 11) is -2.65. The number of aryl methyl sites for hydroxylation is 1. The van der Waals surface area contributed by atoms with E-state index in [0.717, 1.165) is 19.3 Å². The van der Waals surface area contributed by atoms with Crippen molar-refractivity contribution in [1.82, 2.24) is 0 Å². The van der Waals surface area contributed by atoms with Gasteiger partial charge in [0.2, 0.25) is 0 Å². The SMILES string of the molecule is CCOC(=O)C[C@@H]1C[C@@H](CCc2ccccc2)O[Si](C(C)(C)C)(C(C)(C)C)O1. The van der Waals surface area contributed by atoms with Gasteiger partial charge in [-0.2, -0.15) is 0 Å². The number of ether oxygens (including phenoxy) is 1. The standard InChI is InChI=1S/C23H38O4Si/c1-8-25-21(24)17-20-16-19(15-14-18-12-10-9-11-13-18)26-28(27-20,22(2,3)4)23(5,6)7/h9-13,19-20H,8,14-17H2,1-7H3/t19-,20+/m1/s1. The number of esters is 1. The highest BCUT2D eigenvalue weighted by Crippen LogP contribution is 2.55. The Morgan fingerprint density at radius 3 is 2.14 bits per heavy atom. The van der Waals surface area contributed by atoms with Crippen LogP contribution in [0.4, 0.5) is 0 Å². The van der Waals surface area contributed by atoms with Crippen LogP contribution in [0.3, 0.4) is 0 Å². The number of carbonyl (C=O) groups excluding carboxylic acids is 1. The van der Waals surface area contributed by atoms with Crippen molar-refractivity contribution in [1.29, 1.82) is 0 Å². The van der Waals surface area contributed by atoms with Gasteiger partial charge >= 0.3 is 14.5 Å². The lowest BCUT2D eigenvalue weighted by Gasteiger charge is -2.55. The molecule has 0 N–H and O–H groups in total. The zero-order valence-electron chi connectivity index (χ0n) is 18.7. The van der Waals surface area contributed by atoms with Crippen LogP contribution in [0.15, 0.2) is 30.3 Å². The molecular weight excluding hydrogens is 368 g/mol. The largest absolute Gasteiger partial charge is 0.466 e. The molecule has 0 aromatic heterocycles. The van der Waals surface area contributed by atoms with Gasteiger partial charge in [-0.3, -0.25) is 4.79 Å². The van der Waals surface area contributed by atoms with Gasteiger partial charge in [0.15, 0.2) is 0 Å². The zero-order chi connectivity index (χ0) is 21.0. The lowest BCUT2D eigenvalue weighted by Crippen LogP contribution is -2.63. The van der Waals surface area contributed by atoms with E-state index in [9.17, 15) is 4.79 Å². The van der Waals surface area contributed by atoms with Gasteiger partial charge in [-0.15, -0.1) is 0 Å². The summed E-state index contributed by atoms with van der Waals surface area (Å²) in [5.41, 5.74) is 1.32. The van der Waals surface area contributed by atoms with E-state index in [1.807, 2.05) is 13.0 Å². The Kier molecular flexibility index (Phi) is 7.51. The van der Waals surface area contributed by atoms with Gasteiger partial charge in [-0.1, -0.05) is 71.9 Å². The van der Waals surface area contributed by atoms with E-state index < -0.39 is 8.56 Å². The third kappa shape index (κ3) is 5.46. The molecule has 1 fully saturated rings. The van der Waals surface area contributed by atoms with Crippen molar-refractivity contribution < 1.29 is 18.4 Å². The molecule has 0 amide bonds. The molecule has 1 aliphatic heterocycles. The maximum atomic E-state index is 12.2. The third-order valence-corrected chi connectivity index (χ3v) is 10.7. The van der Waals surface area contributed by atoms with E-state index in [1.165, 1.54) is 5.56 Å². The average molecular weight is 407 g/mol. The highest BCUT2D eigenvalue weighted by Gasteiger charge is 2.62. The molecule has 0 saturated carbocycles. The van der Waals surface area contributed by atoms with Crippen LogP contribution in [0, 0.1) is 0 Å². The summed E-state index contributed by atoms with van der Waals surface area (Å²) in [6.07, 6.45) is 2.91. The summed E-state index contributed by atoms with van der Waals surface area (Å²) in [5.74, 6) is -0.179. The predicted octanol–water partition coefficient (Wildman–Crippen LogP) is 5.79. The Balaban J connectivity index is 2.25. The van der Waals surface area contributed by atoms with E-state index in [2.05, 4.69) is 65.8 Å². The second-order valence-electron chi connectivity index (χ2n) is 9.87. The van der Waals surface area contributed by atoms with Crippen LogP contribution >= 0.6 is 0 Å². The predicted molar refractivity (Wildman–Crippen MR) is 116 cm³/mol. The molecule has 158 valence electrons. The minimum absolute atomic E-state index is 0.0958. The molecule has 0 spiro atoms. The quantitative estimate of drug-likeness (QED) is 0.443. The molecule has 0 radical (unpaired) electrons. The van der Waals surface area contributed by atoms with Crippen molar-refractivity contribution in [2.45, 2.75) is 96.4 Å². The molecule has 2 rings (SSSR count). The monoisotopic (exact) mass is 406 g/mol. The van der Waals surface area contributed by atoms with Crippen molar-refractivity contribution in [2.24, 2.45) is 0 Å². The Hall–Kier alpha value is -1.17. The van der Waals surface area contributed by atoms with E-state index in [4.69, 9.17) is 13.6 Å². The first-order chi connectivity index (χ1) is 13.0. The molecule has 1 saturated heterocycles. The Labute approximate surface area is 172 Å². The highest BCUT2D eigenvalue weighted by molar-refractivity contribution is 6.73. The number of rotatable bonds is 6. The molecule has 0 bridgehead atoms. The second kappa shape index (κ2) is 9.10. The first kappa shape index (κ1) is 23.1. The third-order valence-electron chi connectivity index (χ3n) is 5.46. The Morgan fingerprint density at radius 1 is 1.04 bits per heavy atom. The normalized spacial score (nSPS) is 22.7. The number of hydrogen-bond donors (Lipinski definition) is 0. The van der Waals surface area contributed by atoms with Crippen molar-refractivity contribution >= 4 is 14.5 Å². The van der Waals surface area contributed by atoms with Crippen molar-refractivity contribution in [2.75, 3.05) is 6.61 Å². The average Bonchev–Trinajstić information content (AvgIpc) is 2.59. The second-order valence-corrected chi connectivity index (χ2v) is 14.6. The van der Waals surface area contributed by atoms with Gasteiger partial charge in [0.25, 0.3) is 0 Å². The van der Waals surface area contributed by atoms with Gasteiger partial charge in [-0.25, -0.2) is 0 Å². The van der Waals surface area contributed by atoms with Gasteiger partial charge in [0.1, 0.15) is 0 Å². The van der Waals surface area contributed by atoms with Crippen molar-refractivity contribution in [3.63, 3.8) is 0 Å². The molecule has 1 aliphatic rings. The van der Waals surface area contributed by atoms with Crippen LogP contribution in [-0.2, 0) is 24.8 Å². The minimum atomic E-state index is -2.65. The van der Waals surface area contributed by atoms with Gasteiger partial charge in [0.05, 0.1) is 25.2 Å². The molecule has 5 heteroatoms. The van der Waals surface area contributed by atoms with Gasteiger partial charge < -0.3 is 13.6 Å². The first-order valence-electron chi connectivity index (χ1n) is 10.5. The molecule has 4 nitrogen and oxygen atoms in total. The maximum absolute atomic E-state index is 12.2. The van der Waals surface area contributed by atoms with E-state index in [0.29, 0.717) is 13.0 Å². The van der Waals surface area contributed by atoms with Crippen LogP contribution in [0.1, 0.15) is 73.3 Å². The smallest absolute Gasteiger partial charge is 0.349 e. The summed E-state index contributed by atoms with van der Waals surface area (Å²) < 4.78 is 18.8. The molecule has 0 aliphatic carbocycles. The molecule has 1 heterocycles. The van der Waals surface area contributed by atoms with Crippen molar-refractivity contribution in [3.8, 4) is 0 Å². The van der Waals surface area contributed by atoms with Crippen LogP contribution in [0.5, 0.6) is 0 Å². The molecular formula is C23H38O4Si. The summed E-state index contributed by atoms with van der Waals surface area (Å²) in [4.78, 5) is 12.2. The lowest BCUT2D eigenvalue weighted by molar-refractivity contribution is -0.147.